The van der Waals surface area contributed by atoms with E-state index in [1.54, 1.807) is 0 Å². The standard InChI is InChI=1S/C48H34BNSSi/c1-5-16-37(17-6-1)50(38-18-7-2-8-19-38)39-31-28-35(29-32-39)36-30-33-42-45(34-36)51-44-25-15-27-47-48(44)49(42)43-24-13-14-26-46(43)52(47,40-20-9-3-10-21-40)41-22-11-4-12-23-41/h1-34H. The number of hydrogen-bond donors (Lipinski definition) is 0. The molecule has 0 spiro atoms. The molecule has 0 atom stereocenters. The SMILES string of the molecule is c1ccc(N(c2ccccc2)c2ccc(-c3ccc4c(c3)Sc3cccc5c3B4c3ccccc3[Si]5(c3ccccc3)c3ccccc3)cc2)cc1. The number of rotatable bonds is 6. The zero-order valence-electron chi connectivity index (χ0n) is 28.6. The first-order valence-electron chi connectivity index (χ1n) is 18.0. The number of anilines is 3. The zero-order valence-corrected chi connectivity index (χ0v) is 30.4. The minimum absolute atomic E-state index is 0.188. The number of nitrogens with zero attached hydrogens (tertiary/aromatic N) is 1. The molecule has 4 heteroatoms. The van der Waals surface area contributed by atoms with Crippen LogP contribution in [0.4, 0.5) is 17.1 Å². The van der Waals surface area contributed by atoms with E-state index in [0.29, 0.717) is 0 Å². The van der Waals surface area contributed by atoms with Gasteiger partial charge in [-0.25, -0.2) is 0 Å². The van der Waals surface area contributed by atoms with Crippen molar-refractivity contribution in [1.82, 2.24) is 0 Å². The van der Waals surface area contributed by atoms with Crippen molar-refractivity contribution >= 4 is 80.7 Å². The van der Waals surface area contributed by atoms with Gasteiger partial charge in [-0.05, 0) is 80.4 Å². The summed E-state index contributed by atoms with van der Waals surface area (Å²) in [7, 11) is -2.60. The van der Waals surface area contributed by atoms with Crippen LogP contribution < -0.4 is 42.0 Å². The van der Waals surface area contributed by atoms with Crippen molar-refractivity contribution in [2.75, 3.05) is 4.90 Å². The summed E-state index contributed by atoms with van der Waals surface area (Å²) < 4.78 is 0. The average Bonchev–Trinajstić information content (AvgIpc) is 3.22. The maximum Gasteiger partial charge on any atom is 0.243 e. The van der Waals surface area contributed by atoms with E-state index < -0.39 is 8.07 Å². The van der Waals surface area contributed by atoms with Crippen LogP contribution in [0, 0.1) is 0 Å². The maximum atomic E-state index is 2.45. The minimum atomic E-state index is -2.60. The first-order chi connectivity index (χ1) is 25.8. The molecule has 244 valence electrons. The first-order valence-corrected chi connectivity index (χ1v) is 20.8. The predicted octanol–water partition coefficient (Wildman–Crippen LogP) is 7.50. The molecule has 1 nitrogen and oxygen atoms in total. The maximum absolute atomic E-state index is 2.60. The quantitative estimate of drug-likeness (QED) is 0.166. The number of hydrogen-bond acceptors (Lipinski definition) is 2. The van der Waals surface area contributed by atoms with Gasteiger partial charge in [0.1, 0.15) is 0 Å². The number of para-hydroxylation sites is 2. The molecule has 0 amide bonds. The molecule has 0 N–H and O–H groups in total. The highest BCUT2D eigenvalue weighted by Gasteiger charge is 2.51. The van der Waals surface area contributed by atoms with Crippen LogP contribution in [-0.4, -0.2) is 14.8 Å². The molecule has 0 bridgehead atoms. The van der Waals surface area contributed by atoms with Gasteiger partial charge < -0.3 is 4.90 Å². The highest BCUT2D eigenvalue weighted by molar-refractivity contribution is 8.00. The van der Waals surface area contributed by atoms with E-state index >= 15 is 0 Å². The van der Waals surface area contributed by atoms with Crippen LogP contribution in [-0.2, 0) is 0 Å². The third kappa shape index (κ3) is 4.86. The molecule has 2 aliphatic rings. The molecule has 0 fully saturated rings. The summed E-state index contributed by atoms with van der Waals surface area (Å²) in [6.45, 7) is 0.188. The Kier molecular flexibility index (Phi) is 7.59. The van der Waals surface area contributed by atoms with Crippen molar-refractivity contribution in [2.24, 2.45) is 0 Å². The smallest absolute Gasteiger partial charge is 0.243 e. The van der Waals surface area contributed by atoms with E-state index in [2.05, 4.69) is 211 Å². The van der Waals surface area contributed by atoms with Gasteiger partial charge in [-0.3, -0.25) is 0 Å². The van der Waals surface area contributed by atoms with Crippen LogP contribution in [0.1, 0.15) is 0 Å². The third-order valence-electron chi connectivity index (χ3n) is 10.9. The lowest BCUT2D eigenvalue weighted by molar-refractivity contribution is 1.28. The van der Waals surface area contributed by atoms with Crippen LogP contribution in [0.25, 0.3) is 11.1 Å². The summed E-state index contributed by atoms with van der Waals surface area (Å²) in [4.78, 5) is 5.03. The summed E-state index contributed by atoms with van der Waals surface area (Å²) >= 11 is 1.94. The Morgan fingerprint density at radius 1 is 0.385 bits per heavy atom. The molecule has 0 saturated heterocycles. The molecule has 0 saturated carbocycles. The second-order valence-corrected chi connectivity index (χ2v) is 18.4. The Hall–Kier alpha value is -5.81. The van der Waals surface area contributed by atoms with E-state index in [4.69, 9.17) is 0 Å². The van der Waals surface area contributed by atoms with Crippen molar-refractivity contribution in [2.45, 2.75) is 9.79 Å². The third-order valence-corrected chi connectivity index (χ3v) is 16.9. The molecule has 2 aliphatic heterocycles. The zero-order chi connectivity index (χ0) is 34.5. The fourth-order valence-corrected chi connectivity index (χ4v) is 15.3. The lowest BCUT2D eigenvalue weighted by Crippen LogP contribution is -2.87. The van der Waals surface area contributed by atoms with Gasteiger partial charge in [0.05, 0.1) is 0 Å². The predicted molar refractivity (Wildman–Crippen MR) is 225 cm³/mol. The Morgan fingerprint density at radius 2 is 0.904 bits per heavy atom. The highest BCUT2D eigenvalue weighted by Crippen LogP contribution is 2.37. The van der Waals surface area contributed by atoms with Crippen LogP contribution in [0.2, 0.25) is 0 Å². The molecule has 52 heavy (non-hydrogen) atoms. The van der Waals surface area contributed by atoms with Gasteiger partial charge in [0.15, 0.2) is 8.07 Å². The van der Waals surface area contributed by atoms with Crippen molar-refractivity contribution in [3.8, 4) is 11.1 Å². The van der Waals surface area contributed by atoms with Gasteiger partial charge in [-0.15, -0.1) is 0 Å². The van der Waals surface area contributed by atoms with Gasteiger partial charge in [0.25, 0.3) is 0 Å². The van der Waals surface area contributed by atoms with Crippen molar-refractivity contribution < 1.29 is 0 Å². The Bertz CT molecular complexity index is 2460. The van der Waals surface area contributed by atoms with Crippen LogP contribution >= 0.6 is 11.8 Å². The highest BCUT2D eigenvalue weighted by atomic mass is 32.2. The van der Waals surface area contributed by atoms with Crippen LogP contribution in [0.3, 0.4) is 0 Å². The van der Waals surface area contributed by atoms with Crippen LogP contribution in [0.5, 0.6) is 0 Å². The van der Waals surface area contributed by atoms with E-state index in [0.717, 1.165) is 17.1 Å². The lowest BCUT2D eigenvalue weighted by atomic mass is 9.36. The fourth-order valence-electron chi connectivity index (χ4n) is 8.70. The molecule has 0 aromatic heterocycles. The van der Waals surface area contributed by atoms with E-state index in [1.807, 2.05) is 11.8 Å². The molecular weight excluding hydrogens is 661 g/mol. The molecule has 2 heterocycles. The van der Waals surface area contributed by atoms with Crippen molar-refractivity contribution in [3.05, 3.63) is 206 Å². The summed E-state index contributed by atoms with van der Waals surface area (Å²) in [5.74, 6) is 0. The molecule has 0 unspecified atom stereocenters. The number of fused-ring (bicyclic) bond motifs is 4. The summed E-state index contributed by atoms with van der Waals surface area (Å²) in [6, 6.07) is 76.5. The van der Waals surface area contributed by atoms with E-state index in [9.17, 15) is 0 Å². The Labute approximate surface area is 311 Å². The summed E-state index contributed by atoms with van der Waals surface area (Å²) in [5.41, 5.74) is 10.2. The van der Waals surface area contributed by atoms with E-state index in [-0.39, 0.29) is 6.71 Å². The van der Waals surface area contributed by atoms with Gasteiger partial charge in [-0.1, -0.05) is 186 Å². The first kappa shape index (κ1) is 31.0. The fraction of sp³-hybridized carbons (Fsp3) is 0. The second kappa shape index (κ2) is 12.8. The molecular formula is C48H34BNSSi. The number of benzene rings is 8. The van der Waals surface area contributed by atoms with E-state index in [1.165, 1.54) is 58.1 Å². The van der Waals surface area contributed by atoms with Crippen LogP contribution in [0.15, 0.2) is 216 Å². The monoisotopic (exact) mass is 695 g/mol. The Balaban J connectivity index is 1.09. The average molecular weight is 696 g/mol. The largest absolute Gasteiger partial charge is 0.311 e. The van der Waals surface area contributed by atoms with Gasteiger partial charge >= 0.3 is 0 Å². The molecule has 8 aromatic rings. The molecule has 0 aliphatic carbocycles. The molecule has 10 rings (SSSR count). The lowest BCUT2D eigenvalue weighted by Gasteiger charge is -2.44. The summed E-state index contributed by atoms with van der Waals surface area (Å²) in [6.07, 6.45) is 0. The minimum Gasteiger partial charge on any atom is -0.311 e. The van der Waals surface area contributed by atoms with Crippen molar-refractivity contribution in [3.63, 3.8) is 0 Å². The normalized spacial score (nSPS) is 13.4. The topological polar surface area (TPSA) is 3.24 Å². The van der Waals surface area contributed by atoms with Gasteiger partial charge in [-0.2, -0.15) is 0 Å². The molecule has 0 radical (unpaired) electrons. The van der Waals surface area contributed by atoms with Crippen molar-refractivity contribution in [1.29, 1.82) is 0 Å². The summed E-state index contributed by atoms with van der Waals surface area (Å²) in [5, 5.41) is 5.90. The Morgan fingerprint density at radius 3 is 1.54 bits per heavy atom. The van der Waals surface area contributed by atoms with Gasteiger partial charge in [0, 0.05) is 26.9 Å². The molecule has 8 aromatic carbocycles. The van der Waals surface area contributed by atoms with Gasteiger partial charge in [0.2, 0.25) is 6.71 Å². The second-order valence-electron chi connectivity index (χ2n) is 13.6.